The van der Waals surface area contributed by atoms with E-state index in [4.69, 9.17) is 4.74 Å². The van der Waals surface area contributed by atoms with Crippen LogP contribution in [0.25, 0.3) is 0 Å². The molecule has 1 aliphatic carbocycles. The summed E-state index contributed by atoms with van der Waals surface area (Å²) in [6, 6.07) is 0.331. The number of hydrogen-bond donors (Lipinski definition) is 1. The highest BCUT2D eigenvalue weighted by Gasteiger charge is 2.34. The number of ether oxygens (including phenoxy) is 1. The van der Waals surface area contributed by atoms with Gasteiger partial charge in [-0.05, 0) is 31.1 Å². The van der Waals surface area contributed by atoms with Crippen LogP contribution in [0.2, 0.25) is 0 Å². The molecule has 1 aliphatic rings. The summed E-state index contributed by atoms with van der Waals surface area (Å²) >= 11 is 0. The Bertz CT molecular complexity index is 212. The zero-order chi connectivity index (χ0) is 11.4. The number of hydrogen-bond acceptors (Lipinski definition) is 3. The Labute approximate surface area is 92.6 Å². The molecule has 0 saturated heterocycles. The van der Waals surface area contributed by atoms with Gasteiger partial charge in [0.1, 0.15) is 6.04 Å². The molecule has 1 rings (SSSR count). The van der Waals surface area contributed by atoms with Crippen molar-refractivity contribution < 1.29 is 9.53 Å². The van der Waals surface area contributed by atoms with Crippen LogP contribution in [0.1, 0.15) is 40.0 Å². The molecule has 3 nitrogen and oxygen atoms in total. The van der Waals surface area contributed by atoms with Gasteiger partial charge in [0.2, 0.25) is 0 Å². The SMILES string of the molecule is CCC(N[C@H](C(=O)OC)C(C)C)C1CC1. The zero-order valence-corrected chi connectivity index (χ0v) is 10.2. The summed E-state index contributed by atoms with van der Waals surface area (Å²) in [7, 11) is 1.46. The van der Waals surface area contributed by atoms with Crippen LogP contribution in [-0.4, -0.2) is 25.2 Å². The maximum atomic E-state index is 11.6. The van der Waals surface area contributed by atoms with Gasteiger partial charge in [0.25, 0.3) is 0 Å². The van der Waals surface area contributed by atoms with E-state index in [1.54, 1.807) is 0 Å². The first-order valence-corrected chi connectivity index (χ1v) is 5.94. The molecule has 0 aromatic carbocycles. The van der Waals surface area contributed by atoms with Crippen LogP contribution in [0.4, 0.5) is 0 Å². The first kappa shape index (κ1) is 12.5. The number of esters is 1. The predicted octanol–water partition coefficient (Wildman–Crippen LogP) is 1.96. The number of nitrogens with one attached hydrogen (secondary N) is 1. The minimum Gasteiger partial charge on any atom is -0.468 e. The molecule has 3 heteroatoms. The standard InChI is InChI=1S/C12H23NO2/c1-5-10(9-6-7-9)13-11(8(2)3)12(14)15-4/h8-11,13H,5-7H2,1-4H3/t10?,11-/m0/s1. The van der Waals surface area contributed by atoms with Gasteiger partial charge in [0.05, 0.1) is 7.11 Å². The lowest BCUT2D eigenvalue weighted by atomic mass is 10.0. The minimum atomic E-state index is -0.152. The Hall–Kier alpha value is -0.570. The van der Waals surface area contributed by atoms with E-state index in [0.717, 1.165) is 12.3 Å². The van der Waals surface area contributed by atoms with Gasteiger partial charge in [-0.15, -0.1) is 0 Å². The van der Waals surface area contributed by atoms with Crippen molar-refractivity contribution in [1.29, 1.82) is 0 Å². The van der Waals surface area contributed by atoms with Crippen LogP contribution in [0.15, 0.2) is 0 Å². The van der Waals surface area contributed by atoms with Gasteiger partial charge in [-0.2, -0.15) is 0 Å². The summed E-state index contributed by atoms with van der Waals surface area (Å²) in [5.74, 6) is 0.926. The smallest absolute Gasteiger partial charge is 0.323 e. The molecule has 1 N–H and O–H groups in total. The lowest BCUT2D eigenvalue weighted by molar-refractivity contribution is -0.144. The molecule has 1 fully saturated rings. The second-order valence-corrected chi connectivity index (χ2v) is 4.76. The Morgan fingerprint density at radius 2 is 2.07 bits per heavy atom. The molecule has 0 aromatic heterocycles. The van der Waals surface area contributed by atoms with E-state index in [0.29, 0.717) is 6.04 Å². The molecule has 0 bridgehead atoms. The van der Waals surface area contributed by atoms with Crippen molar-refractivity contribution in [3.05, 3.63) is 0 Å². The van der Waals surface area contributed by atoms with Crippen molar-refractivity contribution in [3.63, 3.8) is 0 Å². The first-order valence-electron chi connectivity index (χ1n) is 5.94. The second-order valence-electron chi connectivity index (χ2n) is 4.76. The Morgan fingerprint density at radius 3 is 2.40 bits per heavy atom. The molecule has 0 aromatic rings. The molecule has 88 valence electrons. The third-order valence-electron chi connectivity index (χ3n) is 3.15. The highest BCUT2D eigenvalue weighted by molar-refractivity contribution is 5.75. The quantitative estimate of drug-likeness (QED) is 0.685. The lowest BCUT2D eigenvalue weighted by Crippen LogP contribution is -2.47. The van der Waals surface area contributed by atoms with Gasteiger partial charge < -0.3 is 10.1 Å². The van der Waals surface area contributed by atoms with Crippen LogP contribution in [0, 0.1) is 11.8 Å². The van der Waals surface area contributed by atoms with Crippen molar-refractivity contribution in [1.82, 2.24) is 5.32 Å². The average molecular weight is 213 g/mol. The monoisotopic (exact) mass is 213 g/mol. The van der Waals surface area contributed by atoms with E-state index in [1.807, 2.05) is 13.8 Å². The van der Waals surface area contributed by atoms with Gasteiger partial charge in [0, 0.05) is 6.04 Å². The lowest BCUT2D eigenvalue weighted by Gasteiger charge is -2.25. The molecule has 2 atom stereocenters. The maximum absolute atomic E-state index is 11.6. The molecule has 0 radical (unpaired) electrons. The second kappa shape index (κ2) is 5.50. The summed E-state index contributed by atoms with van der Waals surface area (Å²) in [5.41, 5.74) is 0. The summed E-state index contributed by atoms with van der Waals surface area (Å²) in [6.07, 6.45) is 3.69. The normalized spacial score (nSPS) is 20.1. The molecular weight excluding hydrogens is 190 g/mol. The predicted molar refractivity (Wildman–Crippen MR) is 60.6 cm³/mol. The van der Waals surface area contributed by atoms with Crippen molar-refractivity contribution in [2.24, 2.45) is 11.8 Å². The number of rotatable bonds is 6. The molecule has 1 saturated carbocycles. The van der Waals surface area contributed by atoms with Crippen molar-refractivity contribution in [3.8, 4) is 0 Å². The van der Waals surface area contributed by atoms with Gasteiger partial charge in [-0.25, -0.2) is 0 Å². The molecule has 1 unspecified atom stereocenters. The summed E-state index contributed by atoms with van der Waals surface area (Å²) in [5, 5.41) is 3.44. The van der Waals surface area contributed by atoms with E-state index in [9.17, 15) is 4.79 Å². The number of methoxy groups -OCH3 is 1. The van der Waals surface area contributed by atoms with Crippen LogP contribution in [0.3, 0.4) is 0 Å². The highest BCUT2D eigenvalue weighted by Crippen LogP contribution is 2.34. The molecule has 15 heavy (non-hydrogen) atoms. The van der Waals surface area contributed by atoms with Gasteiger partial charge >= 0.3 is 5.97 Å². The van der Waals surface area contributed by atoms with Crippen molar-refractivity contribution in [2.75, 3.05) is 7.11 Å². The Balaban J connectivity index is 2.52. The van der Waals surface area contributed by atoms with E-state index in [-0.39, 0.29) is 17.9 Å². The van der Waals surface area contributed by atoms with Gasteiger partial charge in [0.15, 0.2) is 0 Å². The van der Waals surface area contributed by atoms with E-state index < -0.39 is 0 Å². The van der Waals surface area contributed by atoms with Crippen LogP contribution < -0.4 is 5.32 Å². The largest absolute Gasteiger partial charge is 0.468 e. The molecule has 0 amide bonds. The van der Waals surface area contributed by atoms with Gasteiger partial charge in [-0.1, -0.05) is 20.8 Å². The first-order chi connectivity index (χ1) is 7.10. The zero-order valence-electron chi connectivity index (χ0n) is 10.2. The Morgan fingerprint density at radius 1 is 1.47 bits per heavy atom. The number of carbonyl (C=O) groups is 1. The molecular formula is C12H23NO2. The van der Waals surface area contributed by atoms with Crippen molar-refractivity contribution in [2.45, 2.75) is 52.1 Å². The van der Waals surface area contributed by atoms with Crippen LogP contribution in [0.5, 0.6) is 0 Å². The van der Waals surface area contributed by atoms with Gasteiger partial charge in [-0.3, -0.25) is 4.79 Å². The molecule has 0 spiro atoms. The van der Waals surface area contributed by atoms with Crippen molar-refractivity contribution >= 4 is 5.97 Å². The maximum Gasteiger partial charge on any atom is 0.323 e. The summed E-state index contributed by atoms with van der Waals surface area (Å²) < 4.78 is 4.82. The van der Waals surface area contributed by atoms with Crippen LogP contribution in [-0.2, 0) is 9.53 Å². The van der Waals surface area contributed by atoms with Crippen LogP contribution >= 0.6 is 0 Å². The van der Waals surface area contributed by atoms with E-state index in [2.05, 4.69) is 12.2 Å². The average Bonchev–Trinajstić information content (AvgIpc) is 3.01. The molecule has 0 heterocycles. The fraction of sp³-hybridized carbons (Fsp3) is 0.917. The third kappa shape index (κ3) is 3.49. The van der Waals surface area contributed by atoms with E-state index >= 15 is 0 Å². The number of carbonyl (C=O) groups excluding carboxylic acids is 1. The van der Waals surface area contributed by atoms with E-state index in [1.165, 1.54) is 20.0 Å². The highest BCUT2D eigenvalue weighted by atomic mass is 16.5. The molecule has 0 aliphatic heterocycles. The fourth-order valence-corrected chi connectivity index (χ4v) is 1.98. The summed E-state index contributed by atoms with van der Waals surface area (Å²) in [4.78, 5) is 11.6. The Kier molecular flexibility index (Phi) is 4.58. The topological polar surface area (TPSA) is 38.3 Å². The minimum absolute atomic E-state index is 0.135. The third-order valence-corrected chi connectivity index (χ3v) is 3.15. The summed E-state index contributed by atoms with van der Waals surface area (Å²) in [6.45, 7) is 6.27. The fourth-order valence-electron chi connectivity index (χ4n) is 1.98.